The molecule has 0 fully saturated rings. The molecule has 0 amide bonds. The molecule has 3 heteroatoms. The summed E-state index contributed by atoms with van der Waals surface area (Å²) in [6, 6.07) is 22.5. The molecule has 0 radical (unpaired) electrons. The van der Waals surface area contributed by atoms with Gasteiger partial charge in [-0.3, -0.25) is 0 Å². The minimum Gasteiger partial charge on any atom is -0.455 e. The van der Waals surface area contributed by atoms with Crippen molar-refractivity contribution in [2.75, 3.05) is 0 Å². The topological polar surface area (TPSA) is 21.4 Å². The molecule has 0 aliphatic heterocycles. The molecule has 0 spiro atoms. The van der Waals surface area contributed by atoms with Crippen molar-refractivity contribution < 1.29 is 8.98 Å². The number of hydrogen-bond acceptors (Lipinski definition) is 1. The van der Waals surface area contributed by atoms with E-state index >= 15 is 0 Å². The van der Waals surface area contributed by atoms with Gasteiger partial charge in [0, 0.05) is 22.9 Å². The molecular formula is C27H21N2O+. The fourth-order valence-electron chi connectivity index (χ4n) is 4.16. The van der Waals surface area contributed by atoms with Gasteiger partial charge < -0.3 is 4.42 Å². The van der Waals surface area contributed by atoms with Crippen LogP contribution in [-0.2, 0) is 7.05 Å². The number of benzene rings is 3. The summed E-state index contributed by atoms with van der Waals surface area (Å²) in [6.45, 7) is 11.9. The molecule has 3 aromatic carbocycles. The fraction of sp³-hybridized carbons (Fsp3) is 0.111. The van der Waals surface area contributed by atoms with E-state index < -0.39 is 0 Å². The Labute approximate surface area is 175 Å². The van der Waals surface area contributed by atoms with E-state index in [1.165, 1.54) is 5.56 Å². The first-order chi connectivity index (χ1) is 14.6. The van der Waals surface area contributed by atoms with E-state index in [9.17, 15) is 0 Å². The van der Waals surface area contributed by atoms with E-state index in [0.717, 1.165) is 49.9 Å². The first kappa shape index (κ1) is 18.1. The second-order valence-corrected chi connectivity index (χ2v) is 7.78. The third-order valence-electron chi connectivity index (χ3n) is 5.73. The molecule has 144 valence electrons. The zero-order valence-electron chi connectivity index (χ0n) is 17.2. The summed E-state index contributed by atoms with van der Waals surface area (Å²) in [6.07, 6.45) is 2.08. The lowest BCUT2D eigenvalue weighted by molar-refractivity contribution is -0.660. The van der Waals surface area contributed by atoms with Crippen molar-refractivity contribution in [3.63, 3.8) is 0 Å². The van der Waals surface area contributed by atoms with Crippen molar-refractivity contribution in [2.45, 2.75) is 13.8 Å². The molecule has 0 aliphatic carbocycles. The number of rotatable bonds is 2. The monoisotopic (exact) mass is 389 g/mol. The van der Waals surface area contributed by atoms with Gasteiger partial charge in [0.1, 0.15) is 18.2 Å². The van der Waals surface area contributed by atoms with Crippen molar-refractivity contribution in [2.24, 2.45) is 7.05 Å². The SMILES string of the molecule is [C-]#[N+]c1cc2c(cc1-c1ccccc1)oc1c(-c3cc(C)cc[n+]3C)c(C)ccc12. The Morgan fingerprint density at radius 3 is 2.47 bits per heavy atom. The van der Waals surface area contributed by atoms with Crippen LogP contribution in [0, 0.1) is 20.4 Å². The standard InChI is InChI=1S/C27H21N2O/c1-17-12-13-29(4)24(14-17)26-18(2)10-11-20-22-15-23(28-3)21(16-25(22)30-27(20)26)19-8-6-5-7-9-19/h5-16H,1-2,4H3/q+1. The fourth-order valence-corrected chi connectivity index (χ4v) is 4.16. The molecule has 2 aromatic heterocycles. The van der Waals surface area contributed by atoms with Crippen molar-refractivity contribution in [3.05, 3.63) is 95.5 Å². The highest BCUT2D eigenvalue weighted by Crippen LogP contribution is 2.41. The Morgan fingerprint density at radius 1 is 0.900 bits per heavy atom. The van der Waals surface area contributed by atoms with Crippen LogP contribution >= 0.6 is 0 Å². The highest BCUT2D eigenvalue weighted by molar-refractivity contribution is 6.12. The van der Waals surface area contributed by atoms with Crippen molar-refractivity contribution in [1.29, 1.82) is 0 Å². The zero-order valence-corrected chi connectivity index (χ0v) is 17.2. The van der Waals surface area contributed by atoms with Gasteiger partial charge in [0.05, 0.1) is 12.1 Å². The van der Waals surface area contributed by atoms with Gasteiger partial charge in [0.25, 0.3) is 0 Å². The molecule has 0 N–H and O–H groups in total. The average molecular weight is 389 g/mol. The molecule has 0 saturated carbocycles. The van der Waals surface area contributed by atoms with E-state index in [1.807, 2.05) is 42.5 Å². The first-order valence-corrected chi connectivity index (χ1v) is 9.96. The average Bonchev–Trinajstić information content (AvgIpc) is 3.12. The second-order valence-electron chi connectivity index (χ2n) is 7.78. The molecule has 5 rings (SSSR count). The summed E-state index contributed by atoms with van der Waals surface area (Å²) in [5, 5.41) is 2.02. The van der Waals surface area contributed by atoms with Gasteiger partial charge in [0.2, 0.25) is 5.69 Å². The van der Waals surface area contributed by atoms with Gasteiger partial charge in [0.15, 0.2) is 11.9 Å². The maximum absolute atomic E-state index is 7.72. The molecule has 0 unspecified atom stereocenters. The lowest BCUT2D eigenvalue weighted by Gasteiger charge is -2.06. The van der Waals surface area contributed by atoms with Crippen LogP contribution in [0.4, 0.5) is 5.69 Å². The lowest BCUT2D eigenvalue weighted by atomic mass is 9.98. The van der Waals surface area contributed by atoms with Crippen LogP contribution in [-0.4, -0.2) is 0 Å². The lowest BCUT2D eigenvalue weighted by Crippen LogP contribution is -2.30. The molecule has 0 atom stereocenters. The number of hydrogen-bond donors (Lipinski definition) is 0. The van der Waals surface area contributed by atoms with E-state index in [-0.39, 0.29) is 0 Å². The number of pyridine rings is 1. The maximum Gasteiger partial charge on any atom is 0.216 e. The van der Waals surface area contributed by atoms with Crippen molar-refractivity contribution in [1.82, 2.24) is 0 Å². The van der Waals surface area contributed by atoms with Gasteiger partial charge in [-0.25, -0.2) is 9.41 Å². The van der Waals surface area contributed by atoms with Crippen LogP contribution in [0.15, 0.2) is 77.3 Å². The molecule has 2 heterocycles. The molecule has 5 aromatic rings. The Bertz CT molecular complexity index is 1470. The van der Waals surface area contributed by atoms with Gasteiger partial charge >= 0.3 is 0 Å². The molecule has 30 heavy (non-hydrogen) atoms. The predicted molar refractivity (Wildman–Crippen MR) is 122 cm³/mol. The van der Waals surface area contributed by atoms with Crippen LogP contribution in [0.5, 0.6) is 0 Å². The van der Waals surface area contributed by atoms with Gasteiger partial charge in [-0.05, 0) is 48.2 Å². The second kappa shape index (κ2) is 6.86. The highest BCUT2D eigenvalue weighted by Gasteiger charge is 2.21. The molecular weight excluding hydrogens is 368 g/mol. The number of aryl methyl sites for hydroxylation is 3. The molecule has 0 aliphatic rings. The van der Waals surface area contributed by atoms with Crippen LogP contribution in [0.25, 0.3) is 49.2 Å². The molecule has 0 saturated heterocycles. The van der Waals surface area contributed by atoms with Gasteiger partial charge in [-0.15, -0.1) is 0 Å². The van der Waals surface area contributed by atoms with Crippen LogP contribution in [0.3, 0.4) is 0 Å². The summed E-state index contributed by atoms with van der Waals surface area (Å²) >= 11 is 0. The van der Waals surface area contributed by atoms with Crippen molar-refractivity contribution >= 4 is 27.6 Å². The van der Waals surface area contributed by atoms with Gasteiger partial charge in [-0.1, -0.05) is 42.5 Å². The quantitative estimate of drug-likeness (QED) is 0.237. The van der Waals surface area contributed by atoms with E-state index in [0.29, 0.717) is 5.69 Å². The number of aromatic nitrogens is 1. The minimum absolute atomic E-state index is 0.639. The predicted octanol–water partition coefficient (Wildman–Crippen LogP) is 6.91. The van der Waals surface area contributed by atoms with Crippen LogP contribution < -0.4 is 4.57 Å². The smallest absolute Gasteiger partial charge is 0.216 e. The highest BCUT2D eigenvalue weighted by atomic mass is 16.3. The Kier molecular flexibility index (Phi) is 4.15. The summed E-state index contributed by atoms with van der Waals surface area (Å²) in [5.41, 5.74) is 8.81. The van der Waals surface area contributed by atoms with E-state index in [2.05, 4.69) is 60.8 Å². The largest absolute Gasteiger partial charge is 0.455 e. The van der Waals surface area contributed by atoms with Crippen LogP contribution in [0.2, 0.25) is 0 Å². The van der Waals surface area contributed by atoms with E-state index in [1.54, 1.807) is 0 Å². The molecule has 0 bridgehead atoms. The third-order valence-corrected chi connectivity index (χ3v) is 5.73. The zero-order chi connectivity index (χ0) is 20.8. The summed E-state index contributed by atoms with van der Waals surface area (Å²) < 4.78 is 8.59. The van der Waals surface area contributed by atoms with Gasteiger partial charge in [-0.2, -0.15) is 0 Å². The maximum atomic E-state index is 7.72. The number of fused-ring (bicyclic) bond motifs is 3. The minimum atomic E-state index is 0.639. The number of furan rings is 1. The molecule has 3 nitrogen and oxygen atoms in total. The van der Waals surface area contributed by atoms with Crippen LogP contribution in [0.1, 0.15) is 11.1 Å². The first-order valence-electron chi connectivity index (χ1n) is 9.96. The van der Waals surface area contributed by atoms with Crippen molar-refractivity contribution in [3.8, 4) is 22.4 Å². The summed E-state index contributed by atoms with van der Waals surface area (Å²) in [5.74, 6) is 0. The Morgan fingerprint density at radius 2 is 1.70 bits per heavy atom. The summed E-state index contributed by atoms with van der Waals surface area (Å²) in [4.78, 5) is 3.81. The Balaban J connectivity index is 1.86. The Hall–Kier alpha value is -3.90. The van der Waals surface area contributed by atoms with E-state index in [4.69, 9.17) is 11.0 Å². The third kappa shape index (κ3) is 2.77. The normalized spacial score (nSPS) is 11.1. The summed E-state index contributed by atoms with van der Waals surface area (Å²) in [7, 11) is 2.06. The number of nitrogens with zero attached hydrogens (tertiary/aromatic N) is 2.